The van der Waals surface area contributed by atoms with E-state index in [0.717, 1.165) is 0 Å². The van der Waals surface area contributed by atoms with Crippen LogP contribution in [0.5, 0.6) is 0 Å². The van der Waals surface area contributed by atoms with Crippen LogP contribution in [-0.2, 0) is 0 Å². The number of rotatable bonds is 3. The lowest BCUT2D eigenvalue weighted by Crippen LogP contribution is -2.31. The fourth-order valence-corrected chi connectivity index (χ4v) is 1.56. The molecule has 90 valence electrons. The van der Waals surface area contributed by atoms with E-state index in [9.17, 15) is 0 Å². The number of hydrazone groups is 1. The molecule has 1 aromatic rings. The van der Waals surface area contributed by atoms with Crippen LogP contribution in [0.25, 0.3) is 0 Å². The second-order valence-electron chi connectivity index (χ2n) is 3.02. The van der Waals surface area contributed by atoms with Crippen LogP contribution in [0.4, 0.5) is 5.69 Å². The minimum atomic E-state index is -1.77. The predicted octanol–water partition coefficient (Wildman–Crippen LogP) is 0.488. The standard InChI is InChI=1S/C9H5BCl2N4O2/c11-7-2-8(12)9(1-6(7)10(17)18)16-15-5(3-13)4-14/h1-2,16-18H. The van der Waals surface area contributed by atoms with Gasteiger partial charge in [0.25, 0.3) is 0 Å². The minimum absolute atomic E-state index is 0.0224. The summed E-state index contributed by atoms with van der Waals surface area (Å²) in [5.41, 5.74) is 2.18. The molecule has 0 aliphatic heterocycles. The molecule has 0 amide bonds. The first kappa shape index (κ1) is 14.3. The summed E-state index contributed by atoms with van der Waals surface area (Å²) in [5.74, 6) is 0. The Labute approximate surface area is 113 Å². The average molecular weight is 283 g/mol. The van der Waals surface area contributed by atoms with Crippen molar-refractivity contribution in [1.29, 1.82) is 10.5 Å². The van der Waals surface area contributed by atoms with Crippen LogP contribution in [0.15, 0.2) is 17.2 Å². The highest BCUT2D eigenvalue weighted by molar-refractivity contribution is 6.63. The molecule has 0 aromatic heterocycles. The largest absolute Gasteiger partial charge is 0.490 e. The van der Waals surface area contributed by atoms with Crippen molar-refractivity contribution in [2.45, 2.75) is 0 Å². The molecular weight excluding hydrogens is 278 g/mol. The SMILES string of the molecule is N#CC(C#N)=NNc1cc(B(O)O)c(Cl)cc1Cl. The number of halogens is 2. The molecule has 9 heteroatoms. The second kappa shape index (κ2) is 6.24. The van der Waals surface area contributed by atoms with Gasteiger partial charge in [0, 0.05) is 10.5 Å². The third-order valence-electron chi connectivity index (χ3n) is 1.86. The predicted molar refractivity (Wildman–Crippen MR) is 68.6 cm³/mol. The lowest BCUT2D eigenvalue weighted by atomic mass is 9.80. The van der Waals surface area contributed by atoms with Gasteiger partial charge in [0.2, 0.25) is 5.71 Å². The van der Waals surface area contributed by atoms with Gasteiger partial charge in [-0.05, 0) is 12.1 Å². The van der Waals surface area contributed by atoms with E-state index < -0.39 is 12.8 Å². The van der Waals surface area contributed by atoms with Gasteiger partial charge in [-0.25, -0.2) is 0 Å². The maximum absolute atomic E-state index is 9.05. The van der Waals surface area contributed by atoms with Crippen molar-refractivity contribution in [3.05, 3.63) is 22.2 Å². The molecule has 0 bridgehead atoms. The van der Waals surface area contributed by atoms with Crippen LogP contribution in [0, 0.1) is 22.7 Å². The van der Waals surface area contributed by atoms with Gasteiger partial charge in [-0.1, -0.05) is 23.2 Å². The summed E-state index contributed by atoms with van der Waals surface area (Å²) < 4.78 is 0. The number of nitrogens with zero attached hydrogens (tertiary/aromatic N) is 3. The van der Waals surface area contributed by atoms with Crippen molar-refractivity contribution >= 4 is 47.2 Å². The summed E-state index contributed by atoms with van der Waals surface area (Å²) >= 11 is 11.6. The molecule has 0 spiro atoms. The third-order valence-corrected chi connectivity index (χ3v) is 2.50. The topological polar surface area (TPSA) is 112 Å². The fraction of sp³-hybridized carbons (Fsp3) is 0. The number of benzene rings is 1. The molecule has 0 aliphatic rings. The Balaban J connectivity index is 3.12. The lowest BCUT2D eigenvalue weighted by molar-refractivity contribution is 0.426. The number of anilines is 1. The highest BCUT2D eigenvalue weighted by Crippen LogP contribution is 2.24. The van der Waals surface area contributed by atoms with Gasteiger partial charge < -0.3 is 10.0 Å². The summed E-state index contributed by atoms with van der Waals surface area (Å²) in [6, 6.07) is 5.64. The first-order valence-electron chi connectivity index (χ1n) is 4.48. The molecule has 0 saturated carbocycles. The van der Waals surface area contributed by atoms with E-state index in [-0.39, 0.29) is 21.2 Å². The average Bonchev–Trinajstić information content (AvgIpc) is 2.32. The van der Waals surface area contributed by atoms with Crippen LogP contribution in [0.1, 0.15) is 0 Å². The zero-order valence-corrected chi connectivity index (χ0v) is 10.2. The fourth-order valence-electron chi connectivity index (χ4n) is 1.04. The van der Waals surface area contributed by atoms with Gasteiger partial charge in [-0.2, -0.15) is 15.6 Å². The quantitative estimate of drug-likeness (QED) is 0.424. The monoisotopic (exact) mass is 282 g/mol. The van der Waals surface area contributed by atoms with Crippen molar-refractivity contribution in [3.8, 4) is 12.1 Å². The molecule has 0 fully saturated rings. The third kappa shape index (κ3) is 3.36. The minimum Gasteiger partial charge on any atom is -0.423 e. The van der Waals surface area contributed by atoms with Gasteiger partial charge in [-0.15, -0.1) is 0 Å². The Morgan fingerprint density at radius 3 is 2.33 bits per heavy atom. The van der Waals surface area contributed by atoms with Gasteiger partial charge in [-0.3, -0.25) is 5.43 Å². The summed E-state index contributed by atoms with van der Waals surface area (Å²) in [7, 11) is -1.77. The number of hydrogen-bond acceptors (Lipinski definition) is 6. The Bertz CT molecular complexity index is 561. The maximum atomic E-state index is 9.05. The Hall–Kier alpha value is -1.77. The highest BCUT2D eigenvalue weighted by Gasteiger charge is 2.17. The maximum Gasteiger partial charge on any atom is 0.490 e. The van der Waals surface area contributed by atoms with E-state index in [2.05, 4.69) is 10.5 Å². The molecular formula is C9H5BCl2N4O2. The lowest BCUT2D eigenvalue weighted by Gasteiger charge is -2.08. The molecule has 0 aliphatic carbocycles. The van der Waals surface area contributed by atoms with E-state index >= 15 is 0 Å². The first-order valence-corrected chi connectivity index (χ1v) is 5.24. The van der Waals surface area contributed by atoms with E-state index in [1.807, 2.05) is 0 Å². The van der Waals surface area contributed by atoms with Crippen LogP contribution in [0.3, 0.4) is 0 Å². The van der Waals surface area contributed by atoms with E-state index in [1.54, 1.807) is 12.1 Å². The zero-order valence-electron chi connectivity index (χ0n) is 8.72. The van der Waals surface area contributed by atoms with Crippen LogP contribution in [-0.4, -0.2) is 22.9 Å². The summed E-state index contributed by atoms with van der Waals surface area (Å²) in [6.45, 7) is 0. The molecule has 0 heterocycles. The molecule has 18 heavy (non-hydrogen) atoms. The Morgan fingerprint density at radius 2 is 1.83 bits per heavy atom. The van der Waals surface area contributed by atoms with Gasteiger partial charge in [0.1, 0.15) is 12.1 Å². The summed E-state index contributed by atoms with van der Waals surface area (Å²) in [4.78, 5) is 0. The van der Waals surface area contributed by atoms with Gasteiger partial charge >= 0.3 is 7.12 Å². The van der Waals surface area contributed by atoms with Gasteiger partial charge in [0.15, 0.2) is 0 Å². The van der Waals surface area contributed by atoms with Crippen molar-refractivity contribution in [1.82, 2.24) is 0 Å². The van der Waals surface area contributed by atoms with Crippen molar-refractivity contribution in [2.24, 2.45) is 5.10 Å². The van der Waals surface area contributed by atoms with E-state index in [0.29, 0.717) is 0 Å². The van der Waals surface area contributed by atoms with Crippen molar-refractivity contribution in [3.63, 3.8) is 0 Å². The highest BCUT2D eigenvalue weighted by atomic mass is 35.5. The molecule has 6 nitrogen and oxygen atoms in total. The van der Waals surface area contributed by atoms with E-state index in [1.165, 1.54) is 12.1 Å². The Kier molecular flexibility index (Phi) is 4.96. The summed E-state index contributed by atoms with van der Waals surface area (Å²) in [6.07, 6.45) is 0. The summed E-state index contributed by atoms with van der Waals surface area (Å²) in [5, 5.41) is 38.8. The molecule has 0 unspecified atom stereocenters. The number of hydrogen-bond donors (Lipinski definition) is 3. The molecule has 3 N–H and O–H groups in total. The van der Waals surface area contributed by atoms with Crippen LogP contribution in [0.2, 0.25) is 10.0 Å². The van der Waals surface area contributed by atoms with Crippen molar-refractivity contribution < 1.29 is 10.0 Å². The van der Waals surface area contributed by atoms with E-state index in [4.69, 9.17) is 43.8 Å². The molecule has 0 atom stereocenters. The number of nitriles is 2. The molecule has 0 saturated heterocycles. The first-order chi connectivity index (χ1) is 8.49. The second-order valence-corrected chi connectivity index (χ2v) is 3.84. The van der Waals surface area contributed by atoms with Crippen LogP contribution < -0.4 is 10.9 Å². The Morgan fingerprint density at radius 1 is 1.22 bits per heavy atom. The van der Waals surface area contributed by atoms with Gasteiger partial charge in [0.05, 0.1) is 10.7 Å². The smallest absolute Gasteiger partial charge is 0.423 e. The molecule has 0 radical (unpaired) electrons. The normalized spacial score (nSPS) is 9.00. The zero-order chi connectivity index (χ0) is 13.7. The number of nitrogens with one attached hydrogen (secondary N) is 1. The van der Waals surface area contributed by atoms with Crippen molar-refractivity contribution in [2.75, 3.05) is 5.43 Å². The van der Waals surface area contributed by atoms with Crippen LogP contribution >= 0.6 is 23.2 Å². The molecule has 1 aromatic carbocycles. The molecule has 1 rings (SSSR count).